The molecule has 6 nitrogen and oxygen atoms in total. The summed E-state index contributed by atoms with van der Waals surface area (Å²) in [5.74, 6) is 0.313. The van der Waals surface area contributed by atoms with E-state index in [-0.39, 0.29) is 17.9 Å². The van der Waals surface area contributed by atoms with E-state index in [0.29, 0.717) is 50.4 Å². The van der Waals surface area contributed by atoms with Crippen molar-refractivity contribution in [3.8, 4) is 11.5 Å². The summed E-state index contributed by atoms with van der Waals surface area (Å²) in [7, 11) is 0. The molecule has 2 aliphatic rings. The van der Waals surface area contributed by atoms with Crippen molar-refractivity contribution in [2.24, 2.45) is 5.92 Å². The van der Waals surface area contributed by atoms with Gasteiger partial charge < -0.3 is 19.9 Å². The summed E-state index contributed by atoms with van der Waals surface area (Å²) in [6.45, 7) is 4.82. The van der Waals surface area contributed by atoms with Gasteiger partial charge in [-0.3, -0.25) is 9.59 Å². The van der Waals surface area contributed by atoms with Gasteiger partial charge in [-0.2, -0.15) is 0 Å². The molecule has 1 aliphatic heterocycles. The van der Waals surface area contributed by atoms with Crippen molar-refractivity contribution < 1.29 is 24.2 Å². The van der Waals surface area contributed by atoms with Gasteiger partial charge in [0.1, 0.15) is 13.2 Å². The molecule has 0 spiro atoms. The minimum Gasteiger partial charge on any atom is -0.486 e. The lowest BCUT2D eigenvalue weighted by molar-refractivity contribution is -0.142. The number of rotatable bonds is 4. The van der Waals surface area contributed by atoms with Crippen LogP contribution in [-0.2, 0) is 15.0 Å². The molecule has 1 aromatic rings. The fourth-order valence-corrected chi connectivity index (χ4v) is 3.41. The third kappa shape index (κ3) is 3.72. The molecule has 1 fully saturated rings. The maximum atomic E-state index is 12.8. The maximum Gasteiger partial charge on any atom is 0.306 e. The van der Waals surface area contributed by atoms with Crippen molar-refractivity contribution in [2.45, 2.75) is 51.0 Å². The Bertz CT molecular complexity index is 662. The van der Waals surface area contributed by atoms with Gasteiger partial charge in [0, 0.05) is 6.04 Å². The predicted molar refractivity (Wildman–Crippen MR) is 92.0 cm³/mol. The summed E-state index contributed by atoms with van der Waals surface area (Å²) in [5, 5.41) is 12.2. The zero-order valence-corrected chi connectivity index (χ0v) is 14.7. The number of hydrogen-bond donors (Lipinski definition) is 2. The molecule has 1 aromatic carbocycles. The summed E-state index contributed by atoms with van der Waals surface area (Å²) in [5.41, 5.74) is 0.160. The molecule has 2 N–H and O–H groups in total. The van der Waals surface area contributed by atoms with Crippen LogP contribution in [-0.4, -0.2) is 36.2 Å². The molecule has 0 unspecified atom stereocenters. The van der Waals surface area contributed by atoms with Crippen molar-refractivity contribution in [1.29, 1.82) is 0 Å². The van der Waals surface area contributed by atoms with E-state index in [9.17, 15) is 9.59 Å². The van der Waals surface area contributed by atoms with Gasteiger partial charge in [0.15, 0.2) is 11.5 Å². The third-order valence-electron chi connectivity index (χ3n) is 5.24. The summed E-state index contributed by atoms with van der Waals surface area (Å²) < 4.78 is 11.1. The summed E-state index contributed by atoms with van der Waals surface area (Å²) in [6, 6.07) is 5.65. The molecule has 1 amide bonds. The van der Waals surface area contributed by atoms with Crippen molar-refractivity contribution >= 4 is 11.9 Å². The lowest BCUT2D eigenvalue weighted by Crippen LogP contribution is -2.46. The number of hydrogen-bond acceptors (Lipinski definition) is 4. The van der Waals surface area contributed by atoms with Crippen LogP contribution in [0, 0.1) is 5.92 Å². The molecular formula is C19H25NO5. The Hall–Kier alpha value is -2.24. The number of ether oxygens (including phenoxy) is 2. The van der Waals surface area contributed by atoms with E-state index < -0.39 is 11.4 Å². The van der Waals surface area contributed by atoms with Crippen molar-refractivity contribution in [3.05, 3.63) is 23.8 Å². The molecule has 6 heteroatoms. The molecule has 0 bridgehead atoms. The number of carbonyl (C=O) groups excluding carboxylic acids is 1. The van der Waals surface area contributed by atoms with Gasteiger partial charge >= 0.3 is 5.97 Å². The van der Waals surface area contributed by atoms with Gasteiger partial charge in [-0.25, -0.2) is 0 Å². The Morgan fingerprint density at radius 1 is 1.08 bits per heavy atom. The third-order valence-corrected chi connectivity index (χ3v) is 5.24. The Balaban J connectivity index is 1.65. The molecule has 1 saturated carbocycles. The van der Waals surface area contributed by atoms with Gasteiger partial charge in [0.05, 0.1) is 11.3 Å². The van der Waals surface area contributed by atoms with Crippen LogP contribution < -0.4 is 14.8 Å². The number of nitrogens with one attached hydrogen (secondary N) is 1. The topological polar surface area (TPSA) is 84.9 Å². The molecule has 0 radical (unpaired) electrons. The van der Waals surface area contributed by atoms with E-state index in [1.165, 1.54) is 0 Å². The van der Waals surface area contributed by atoms with E-state index in [1.807, 2.05) is 32.0 Å². The highest BCUT2D eigenvalue weighted by Gasteiger charge is 2.34. The van der Waals surface area contributed by atoms with Crippen LogP contribution in [0.15, 0.2) is 18.2 Å². The minimum absolute atomic E-state index is 0.0413. The van der Waals surface area contributed by atoms with Crippen LogP contribution in [0.5, 0.6) is 11.5 Å². The largest absolute Gasteiger partial charge is 0.486 e. The van der Waals surface area contributed by atoms with Gasteiger partial charge in [-0.05, 0) is 57.2 Å². The summed E-state index contributed by atoms with van der Waals surface area (Å²) in [6.07, 6.45) is 2.65. The van der Waals surface area contributed by atoms with E-state index in [0.717, 1.165) is 5.56 Å². The van der Waals surface area contributed by atoms with Crippen molar-refractivity contribution in [3.63, 3.8) is 0 Å². The van der Waals surface area contributed by atoms with Gasteiger partial charge in [-0.15, -0.1) is 0 Å². The molecule has 1 aliphatic carbocycles. The highest BCUT2D eigenvalue weighted by atomic mass is 16.6. The SMILES string of the molecule is CC(C)(C(=O)NC1CCC(C(=O)O)CC1)c1ccc2c(c1)OCCO2. The molecule has 0 atom stereocenters. The summed E-state index contributed by atoms with van der Waals surface area (Å²) >= 11 is 0. The van der Waals surface area contributed by atoms with E-state index in [2.05, 4.69) is 5.32 Å². The maximum absolute atomic E-state index is 12.8. The first-order chi connectivity index (χ1) is 11.9. The standard InChI is InChI=1S/C19H25NO5/c1-19(2,13-5-8-15-16(11-13)25-10-9-24-15)18(23)20-14-6-3-12(4-7-14)17(21)22/h5,8,11-12,14H,3-4,6-7,9-10H2,1-2H3,(H,20,23)(H,21,22). The molecule has 25 heavy (non-hydrogen) atoms. The molecule has 136 valence electrons. The molecule has 3 rings (SSSR count). The quantitative estimate of drug-likeness (QED) is 0.874. The fourth-order valence-electron chi connectivity index (χ4n) is 3.41. The van der Waals surface area contributed by atoms with Crippen LogP contribution in [0.25, 0.3) is 0 Å². The minimum atomic E-state index is -0.735. The van der Waals surface area contributed by atoms with Crippen LogP contribution in [0.1, 0.15) is 45.1 Å². The second-order valence-corrected chi connectivity index (χ2v) is 7.34. The second kappa shape index (κ2) is 6.94. The molecule has 0 aromatic heterocycles. The summed E-state index contributed by atoms with van der Waals surface area (Å²) in [4.78, 5) is 23.9. The first-order valence-electron chi connectivity index (χ1n) is 8.82. The fraction of sp³-hybridized carbons (Fsp3) is 0.579. The first-order valence-corrected chi connectivity index (χ1v) is 8.82. The number of carboxylic acids is 1. The van der Waals surface area contributed by atoms with Crippen LogP contribution in [0.2, 0.25) is 0 Å². The van der Waals surface area contributed by atoms with Crippen molar-refractivity contribution in [2.75, 3.05) is 13.2 Å². The molecule has 1 heterocycles. The van der Waals surface area contributed by atoms with E-state index in [4.69, 9.17) is 14.6 Å². The van der Waals surface area contributed by atoms with Crippen molar-refractivity contribution in [1.82, 2.24) is 5.32 Å². The predicted octanol–water partition coefficient (Wildman–Crippen LogP) is 2.50. The number of carbonyl (C=O) groups is 2. The van der Waals surface area contributed by atoms with Gasteiger partial charge in [0.25, 0.3) is 0 Å². The Morgan fingerprint density at radius 2 is 1.72 bits per heavy atom. The number of amides is 1. The highest BCUT2D eigenvalue weighted by molar-refractivity contribution is 5.87. The van der Waals surface area contributed by atoms with Gasteiger partial charge in [-0.1, -0.05) is 6.07 Å². The lowest BCUT2D eigenvalue weighted by Gasteiger charge is -2.31. The van der Waals surface area contributed by atoms with Crippen LogP contribution in [0.4, 0.5) is 0 Å². The first kappa shape index (κ1) is 17.6. The lowest BCUT2D eigenvalue weighted by atomic mass is 9.81. The average Bonchev–Trinajstić information content (AvgIpc) is 2.61. The average molecular weight is 347 g/mol. The normalized spacial score (nSPS) is 23.0. The molecule has 0 saturated heterocycles. The monoisotopic (exact) mass is 347 g/mol. The van der Waals surface area contributed by atoms with Crippen LogP contribution in [0.3, 0.4) is 0 Å². The van der Waals surface area contributed by atoms with Gasteiger partial charge in [0.2, 0.25) is 5.91 Å². The number of fused-ring (bicyclic) bond motifs is 1. The Labute approximate surface area is 147 Å². The zero-order valence-electron chi connectivity index (χ0n) is 14.7. The number of benzene rings is 1. The highest BCUT2D eigenvalue weighted by Crippen LogP contribution is 2.35. The zero-order chi connectivity index (χ0) is 18.0. The smallest absolute Gasteiger partial charge is 0.306 e. The van der Waals surface area contributed by atoms with E-state index in [1.54, 1.807) is 0 Å². The Morgan fingerprint density at radius 3 is 2.36 bits per heavy atom. The number of aliphatic carboxylic acids is 1. The Kier molecular flexibility index (Phi) is 4.88. The van der Waals surface area contributed by atoms with Crippen LogP contribution >= 0.6 is 0 Å². The molecular weight excluding hydrogens is 322 g/mol. The number of carboxylic acid groups (broad SMARTS) is 1. The second-order valence-electron chi connectivity index (χ2n) is 7.34. The van der Waals surface area contributed by atoms with E-state index >= 15 is 0 Å².